The van der Waals surface area contributed by atoms with Gasteiger partial charge in [-0.05, 0) is 49.7 Å². The molecule has 2 aromatic carbocycles. The lowest BCUT2D eigenvalue weighted by atomic mass is 9.73. The molecule has 40 heavy (non-hydrogen) atoms. The van der Waals surface area contributed by atoms with Crippen LogP contribution in [0.25, 0.3) is 5.03 Å². The zero-order valence-electron chi connectivity index (χ0n) is 22.0. The van der Waals surface area contributed by atoms with E-state index in [2.05, 4.69) is 16.4 Å². The van der Waals surface area contributed by atoms with Crippen molar-refractivity contribution in [1.29, 1.82) is 5.26 Å². The van der Waals surface area contributed by atoms with Crippen LogP contribution in [0.5, 0.6) is 0 Å². The second-order valence-electron chi connectivity index (χ2n) is 10.2. The molecule has 11 heteroatoms. The number of aryl methyl sites for hydroxylation is 1. The molecule has 2 aliphatic rings. The summed E-state index contributed by atoms with van der Waals surface area (Å²) >= 11 is 7.12. The van der Waals surface area contributed by atoms with Gasteiger partial charge in [0.25, 0.3) is 0 Å². The van der Waals surface area contributed by atoms with E-state index in [1.807, 2.05) is 29.2 Å². The smallest absolute Gasteiger partial charge is 0.374 e. The Balaban J connectivity index is 1.69. The minimum absolute atomic E-state index is 0.0278. The number of hydrogen-bond acceptors (Lipinski definition) is 6. The number of aromatic nitrogens is 2. The van der Waals surface area contributed by atoms with Crippen LogP contribution in [0.2, 0.25) is 0 Å². The Kier molecular flexibility index (Phi) is 7.44. The van der Waals surface area contributed by atoms with Crippen LogP contribution >= 0.6 is 11.6 Å². The van der Waals surface area contributed by atoms with Crippen molar-refractivity contribution in [3.05, 3.63) is 89.0 Å². The monoisotopic (exact) mass is 571 g/mol. The molecular formula is C29H29ClF3N5O2. The van der Waals surface area contributed by atoms with E-state index in [9.17, 15) is 23.5 Å². The number of aliphatic hydroxyl groups is 1. The fourth-order valence-electron chi connectivity index (χ4n) is 5.84. The van der Waals surface area contributed by atoms with Crippen LogP contribution in [-0.4, -0.2) is 58.2 Å². The van der Waals surface area contributed by atoms with E-state index in [1.165, 1.54) is 13.3 Å². The van der Waals surface area contributed by atoms with E-state index >= 15 is 0 Å². The summed E-state index contributed by atoms with van der Waals surface area (Å²) in [5.41, 5.74) is -0.701. The Morgan fingerprint density at radius 1 is 1.18 bits per heavy atom. The van der Waals surface area contributed by atoms with Gasteiger partial charge in [0.1, 0.15) is 0 Å². The number of alkyl halides is 3. The van der Waals surface area contributed by atoms with E-state index < -0.39 is 23.4 Å². The van der Waals surface area contributed by atoms with Crippen LogP contribution < -0.4 is 5.32 Å². The third-order valence-electron chi connectivity index (χ3n) is 8.03. The molecule has 0 saturated carbocycles. The van der Waals surface area contributed by atoms with Crippen molar-refractivity contribution in [2.45, 2.75) is 30.3 Å². The number of rotatable bonds is 6. The van der Waals surface area contributed by atoms with Gasteiger partial charge in [-0.3, -0.25) is 4.90 Å². The third-order valence-corrected chi connectivity index (χ3v) is 8.46. The summed E-state index contributed by atoms with van der Waals surface area (Å²) in [5.74, 6) is -1.35. The molecule has 0 bridgehead atoms. The molecule has 0 radical (unpaired) electrons. The van der Waals surface area contributed by atoms with Gasteiger partial charge < -0.3 is 19.7 Å². The molecule has 2 unspecified atom stereocenters. The molecule has 2 atom stereocenters. The first kappa shape index (κ1) is 28.2. The van der Waals surface area contributed by atoms with Crippen LogP contribution in [0.4, 0.5) is 18.9 Å². The number of para-hydroxylation sites is 1. The lowest BCUT2D eigenvalue weighted by Gasteiger charge is -2.51. The number of piperidine rings is 1. The summed E-state index contributed by atoms with van der Waals surface area (Å²) in [5, 5.41) is 26.1. The van der Waals surface area contributed by atoms with Crippen LogP contribution in [0.1, 0.15) is 35.2 Å². The number of nitrogens with zero attached hydrogens (tertiary/aromatic N) is 4. The van der Waals surface area contributed by atoms with Gasteiger partial charge in [-0.2, -0.15) is 18.4 Å². The summed E-state index contributed by atoms with van der Waals surface area (Å²) < 4.78 is 48.1. The van der Waals surface area contributed by atoms with Gasteiger partial charge in [0.2, 0.25) is 5.72 Å². The predicted octanol–water partition coefficient (Wildman–Crippen LogP) is 5.22. The first-order chi connectivity index (χ1) is 19.0. The molecule has 1 saturated heterocycles. The summed E-state index contributed by atoms with van der Waals surface area (Å²) in [6, 6.07) is 15.9. The first-order valence-corrected chi connectivity index (χ1v) is 13.2. The number of nitrogens with one attached hydrogen (secondary N) is 1. The van der Waals surface area contributed by atoms with Gasteiger partial charge in [0.05, 0.1) is 40.8 Å². The highest BCUT2D eigenvalue weighted by Crippen LogP contribution is 2.52. The Hall–Kier alpha value is -3.36. The fraction of sp³-hybridized carbons (Fsp3) is 0.379. The zero-order chi connectivity index (χ0) is 28.7. The Bertz CT molecular complexity index is 1460. The van der Waals surface area contributed by atoms with Crippen molar-refractivity contribution in [3.8, 4) is 6.07 Å². The quantitative estimate of drug-likeness (QED) is 0.422. The lowest BCUT2D eigenvalue weighted by Crippen LogP contribution is -2.63. The van der Waals surface area contributed by atoms with Crippen molar-refractivity contribution in [2.24, 2.45) is 13.0 Å². The molecule has 3 aromatic rings. The molecule has 0 amide bonds. The summed E-state index contributed by atoms with van der Waals surface area (Å²) in [7, 11) is 3.19. The van der Waals surface area contributed by atoms with Crippen LogP contribution in [-0.2, 0) is 17.4 Å². The van der Waals surface area contributed by atoms with Crippen LogP contribution in [0, 0.1) is 17.2 Å². The highest BCUT2D eigenvalue weighted by molar-refractivity contribution is 6.50. The van der Waals surface area contributed by atoms with Gasteiger partial charge in [-0.1, -0.05) is 41.9 Å². The minimum Gasteiger partial charge on any atom is -0.374 e. The Labute approximate surface area is 235 Å². The fourth-order valence-corrected chi connectivity index (χ4v) is 6.20. The van der Waals surface area contributed by atoms with Gasteiger partial charge in [-0.25, -0.2) is 4.98 Å². The second-order valence-corrected chi connectivity index (χ2v) is 10.6. The molecule has 7 nitrogen and oxygen atoms in total. The number of fused-ring (bicyclic) bond motifs is 1. The number of anilines is 1. The number of likely N-dealkylation sites (tertiary alicyclic amines) is 1. The molecule has 0 spiro atoms. The minimum atomic E-state index is -4.24. The molecule has 0 aliphatic carbocycles. The predicted molar refractivity (Wildman–Crippen MR) is 145 cm³/mol. The lowest BCUT2D eigenvalue weighted by molar-refractivity contribution is -0.185. The summed E-state index contributed by atoms with van der Waals surface area (Å²) in [4.78, 5) is 6.15. The number of imidazole rings is 1. The standard InChI is InChI=1S/C29H29ClF3N5O2/c1-37-18-35-16-25(37)27(39,20-9-7-19(15-34)8-10-20)28(40-2)23(26(30)22-5-3-4-6-24(22)36-28)17-38-13-11-21(12-14-38)29(31,32)33/h3-10,16,18,21,36,39H,11-14,17H2,1-2H3. The average Bonchev–Trinajstić information content (AvgIpc) is 3.40. The first-order valence-electron chi connectivity index (χ1n) is 12.9. The normalized spacial score (nSPS) is 21.9. The van der Waals surface area contributed by atoms with E-state index in [0.717, 1.165) is 0 Å². The van der Waals surface area contributed by atoms with Crippen molar-refractivity contribution in [2.75, 3.05) is 32.1 Å². The van der Waals surface area contributed by atoms with Crippen molar-refractivity contribution < 1.29 is 23.0 Å². The molecule has 2 aliphatic heterocycles. The van der Waals surface area contributed by atoms with E-state index in [4.69, 9.17) is 16.3 Å². The number of ether oxygens (including phenoxy) is 1. The van der Waals surface area contributed by atoms with E-state index in [-0.39, 0.29) is 32.5 Å². The SMILES string of the molecule is COC1(C(O)(c2ccc(C#N)cc2)c2cncn2C)Nc2ccccc2C(Cl)=C1CN1CCC(C(F)(F)F)CC1. The number of benzene rings is 2. The van der Waals surface area contributed by atoms with E-state index in [1.54, 1.807) is 42.2 Å². The molecular weight excluding hydrogens is 543 g/mol. The van der Waals surface area contributed by atoms with Crippen molar-refractivity contribution in [3.63, 3.8) is 0 Å². The highest BCUT2D eigenvalue weighted by atomic mass is 35.5. The van der Waals surface area contributed by atoms with Gasteiger partial charge in [0, 0.05) is 37.5 Å². The van der Waals surface area contributed by atoms with Crippen LogP contribution in [0.15, 0.2) is 66.6 Å². The summed E-state index contributed by atoms with van der Waals surface area (Å²) in [6.45, 7) is 0.565. The van der Waals surface area contributed by atoms with Gasteiger partial charge in [0.15, 0.2) is 5.60 Å². The molecule has 3 heterocycles. The zero-order valence-corrected chi connectivity index (χ0v) is 22.8. The number of hydrogen-bond donors (Lipinski definition) is 2. The average molecular weight is 572 g/mol. The maximum absolute atomic E-state index is 13.4. The molecule has 210 valence electrons. The maximum atomic E-state index is 13.4. The third kappa shape index (κ3) is 4.57. The Morgan fingerprint density at radius 3 is 2.42 bits per heavy atom. The van der Waals surface area contributed by atoms with Gasteiger partial charge in [-0.15, -0.1) is 0 Å². The molecule has 5 rings (SSSR count). The topological polar surface area (TPSA) is 86.3 Å². The van der Waals surface area contributed by atoms with Crippen molar-refractivity contribution in [1.82, 2.24) is 14.5 Å². The second kappa shape index (κ2) is 10.6. The number of halogens is 4. The maximum Gasteiger partial charge on any atom is 0.391 e. The molecule has 1 fully saturated rings. The molecule has 2 N–H and O–H groups in total. The van der Waals surface area contributed by atoms with Crippen LogP contribution in [0.3, 0.4) is 0 Å². The van der Waals surface area contributed by atoms with E-state index in [0.29, 0.717) is 38.7 Å². The molecule has 1 aromatic heterocycles. The highest BCUT2D eigenvalue weighted by Gasteiger charge is 2.60. The number of methoxy groups -OCH3 is 1. The number of nitriles is 1. The summed E-state index contributed by atoms with van der Waals surface area (Å²) in [6.07, 6.45) is -1.21. The van der Waals surface area contributed by atoms with Gasteiger partial charge >= 0.3 is 6.18 Å². The van der Waals surface area contributed by atoms with Crippen molar-refractivity contribution >= 4 is 22.3 Å². The largest absolute Gasteiger partial charge is 0.391 e. The Morgan fingerprint density at radius 2 is 1.85 bits per heavy atom.